The summed E-state index contributed by atoms with van der Waals surface area (Å²) in [6.45, 7) is 5.05. The van der Waals surface area contributed by atoms with Gasteiger partial charge in [-0.15, -0.1) is 16.7 Å². The van der Waals surface area contributed by atoms with E-state index < -0.39 is 16.8 Å². The van der Waals surface area contributed by atoms with Gasteiger partial charge in [-0.05, 0) is 19.3 Å². The summed E-state index contributed by atoms with van der Waals surface area (Å²) in [7, 11) is 0. The molecule has 0 aliphatic heterocycles. The highest BCUT2D eigenvalue weighted by molar-refractivity contribution is 7.78. The van der Waals surface area contributed by atoms with Gasteiger partial charge in [0.2, 0.25) is 0 Å². The van der Waals surface area contributed by atoms with E-state index in [1.165, 1.54) is 15.3 Å². The van der Waals surface area contributed by atoms with E-state index in [1.54, 1.807) is 0 Å². The molecule has 10 heteroatoms. The Hall–Kier alpha value is -1.45. The third-order valence-electron chi connectivity index (χ3n) is 3.95. The van der Waals surface area contributed by atoms with Crippen LogP contribution in [0.2, 0.25) is 0 Å². The smallest absolute Gasteiger partial charge is 0.276 e. The van der Waals surface area contributed by atoms with Gasteiger partial charge in [-0.25, -0.2) is 9.00 Å². The first-order chi connectivity index (χ1) is 12.5. The van der Waals surface area contributed by atoms with Gasteiger partial charge in [0.1, 0.15) is 5.39 Å². The molecule has 0 fully saturated rings. The molecular formula is C16H25ClN4O4S. The predicted molar refractivity (Wildman–Crippen MR) is 103 cm³/mol. The Morgan fingerprint density at radius 2 is 1.77 bits per heavy atom. The zero-order valence-electron chi connectivity index (χ0n) is 15.1. The van der Waals surface area contributed by atoms with E-state index in [2.05, 4.69) is 5.10 Å². The summed E-state index contributed by atoms with van der Waals surface area (Å²) >= 11 is 3.70. The summed E-state index contributed by atoms with van der Waals surface area (Å²) in [6.07, 6.45) is 5.23. The van der Waals surface area contributed by atoms with Crippen LogP contribution in [0.4, 0.5) is 0 Å². The van der Waals surface area contributed by atoms with Crippen molar-refractivity contribution in [3.8, 4) is 0 Å². The molecule has 1 unspecified atom stereocenters. The van der Waals surface area contributed by atoms with E-state index in [1.807, 2.05) is 13.8 Å². The van der Waals surface area contributed by atoms with Gasteiger partial charge in [-0.1, -0.05) is 26.7 Å². The summed E-state index contributed by atoms with van der Waals surface area (Å²) < 4.78 is 21.2. The minimum absolute atomic E-state index is 0.218. The first-order valence-corrected chi connectivity index (χ1v) is 10.5. The lowest BCUT2D eigenvalue weighted by Gasteiger charge is -2.10. The van der Waals surface area contributed by atoms with Gasteiger partial charge in [-0.2, -0.15) is 4.09 Å². The number of hydrogen-bond acceptors (Lipinski definition) is 5. The Morgan fingerprint density at radius 3 is 2.38 bits per heavy atom. The summed E-state index contributed by atoms with van der Waals surface area (Å²) in [5.74, 6) is 0.400. The van der Waals surface area contributed by atoms with Crippen molar-refractivity contribution >= 4 is 33.9 Å². The van der Waals surface area contributed by atoms with Gasteiger partial charge < -0.3 is 0 Å². The second-order valence-corrected chi connectivity index (χ2v) is 7.37. The van der Waals surface area contributed by atoms with Crippen LogP contribution in [-0.2, 0) is 28.5 Å². The van der Waals surface area contributed by atoms with Crippen LogP contribution in [0.25, 0.3) is 11.0 Å². The number of aromatic nitrogens is 4. The number of nitrogens with zero attached hydrogens (tertiary/aromatic N) is 4. The van der Waals surface area contributed by atoms with Crippen LogP contribution < -0.4 is 11.2 Å². The lowest BCUT2D eigenvalue weighted by molar-refractivity contribution is 0.342. The normalized spacial score (nSPS) is 12.7. The first-order valence-electron chi connectivity index (χ1n) is 8.89. The Bertz CT molecular complexity index is 873. The molecule has 0 saturated carbocycles. The highest BCUT2D eigenvalue weighted by Crippen LogP contribution is 2.09. The summed E-state index contributed by atoms with van der Waals surface area (Å²) in [5, 5.41) is 4.46. The SMILES string of the molecule is CCCCn1c(=O)c2cn(S(=O)OCCCCl)nc2n(CCCC)c1=O. The molecule has 0 bridgehead atoms. The number of hydrogen-bond donors (Lipinski definition) is 0. The monoisotopic (exact) mass is 404 g/mol. The van der Waals surface area contributed by atoms with Gasteiger partial charge in [0.15, 0.2) is 5.65 Å². The second kappa shape index (κ2) is 10.0. The van der Waals surface area contributed by atoms with Gasteiger partial charge in [0.05, 0.1) is 12.8 Å². The van der Waals surface area contributed by atoms with Crippen molar-refractivity contribution in [2.75, 3.05) is 12.5 Å². The topological polar surface area (TPSA) is 88.1 Å². The largest absolute Gasteiger partial charge is 0.332 e. The van der Waals surface area contributed by atoms with Crippen LogP contribution in [0.5, 0.6) is 0 Å². The Morgan fingerprint density at radius 1 is 1.12 bits per heavy atom. The minimum Gasteiger partial charge on any atom is -0.276 e. The van der Waals surface area contributed by atoms with Crippen LogP contribution in [0.15, 0.2) is 15.8 Å². The molecule has 0 saturated heterocycles. The zero-order valence-corrected chi connectivity index (χ0v) is 16.7. The number of halogens is 1. The molecule has 0 aromatic carbocycles. The maximum absolute atomic E-state index is 12.8. The van der Waals surface area contributed by atoms with Crippen molar-refractivity contribution in [1.82, 2.24) is 18.3 Å². The maximum atomic E-state index is 12.8. The van der Waals surface area contributed by atoms with Crippen LogP contribution in [0.3, 0.4) is 0 Å². The Labute approximate surface area is 159 Å². The molecule has 146 valence electrons. The standard InChI is InChI=1S/C16H25ClN4O4S/c1-3-5-9-19-14-13(15(22)20(16(19)23)10-6-4-2)12-21(18-14)26(24)25-11-7-8-17/h12H,3-11H2,1-2H3. The number of fused-ring (bicyclic) bond motifs is 1. The molecule has 0 radical (unpaired) electrons. The summed E-state index contributed by atoms with van der Waals surface area (Å²) in [4.78, 5) is 25.5. The van der Waals surface area contributed by atoms with E-state index in [-0.39, 0.29) is 23.3 Å². The number of unbranched alkanes of at least 4 members (excludes halogenated alkanes) is 2. The van der Waals surface area contributed by atoms with Crippen molar-refractivity contribution in [1.29, 1.82) is 0 Å². The number of rotatable bonds is 11. The Kier molecular flexibility index (Phi) is 8.05. The van der Waals surface area contributed by atoms with E-state index in [0.29, 0.717) is 25.4 Å². The number of aryl methyl sites for hydroxylation is 1. The van der Waals surface area contributed by atoms with Gasteiger partial charge in [0, 0.05) is 19.0 Å². The molecule has 0 amide bonds. The molecule has 0 aliphatic carbocycles. The predicted octanol–water partition coefficient (Wildman–Crippen LogP) is 2.03. The zero-order chi connectivity index (χ0) is 19.1. The van der Waals surface area contributed by atoms with Crippen molar-refractivity contribution in [2.45, 2.75) is 59.0 Å². The van der Waals surface area contributed by atoms with E-state index in [4.69, 9.17) is 15.8 Å². The molecule has 0 N–H and O–H groups in total. The van der Waals surface area contributed by atoms with Gasteiger partial charge in [0.25, 0.3) is 16.8 Å². The van der Waals surface area contributed by atoms with Crippen molar-refractivity contribution < 1.29 is 8.39 Å². The molecule has 2 aromatic rings. The fourth-order valence-corrected chi connectivity index (χ4v) is 3.32. The van der Waals surface area contributed by atoms with Crippen molar-refractivity contribution in [3.63, 3.8) is 0 Å². The van der Waals surface area contributed by atoms with Crippen molar-refractivity contribution in [3.05, 3.63) is 27.0 Å². The molecular weight excluding hydrogens is 380 g/mol. The quantitative estimate of drug-likeness (QED) is 0.422. The molecule has 1 atom stereocenters. The molecule has 26 heavy (non-hydrogen) atoms. The molecule has 2 rings (SSSR count). The van der Waals surface area contributed by atoms with E-state index in [9.17, 15) is 13.8 Å². The van der Waals surface area contributed by atoms with Crippen LogP contribution in [0, 0.1) is 0 Å². The number of alkyl halides is 1. The average molecular weight is 405 g/mol. The lowest BCUT2D eigenvalue weighted by atomic mass is 10.3. The summed E-state index contributed by atoms with van der Waals surface area (Å²) in [6, 6.07) is 0. The van der Waals surface area contributed by atoms with Gasteiger partial charge in [-0.3, -0.25) is 18.1 Å². The van der Waals surface area contributed by atoms with Crippen LogP contribution in [-0.4, -0.2) is 35.0 Å². The fourth-order valence-electron chi connectivity index (χ4n) is 2.51. The molecule has 0 spiro atoms. The average Bonchev–Trinajstić information content (AvgIpc) is 3.07. The Balaban J connectivity index is 2.52. The highest BCUT2D eigenvalue weighted by atomic mass is 35.5. The first kappa shape index (κ1) is 20.9. The fraction of sp³-hybridized carbons (Fsp3) is 0.688. The highest BCUT2D eigenvalue weighted by Gasteiger charge is 2.18. The molecule has 0 aliphatic rings. The van der Waals surface area contributed by atoms with Crippen LogP contribution >= 0.6 is 11.6 Å². The molecule has 2 aromatic heterocycles. The lowest BCUT2D eigenvalue weighted by Crippen LogP contribution is -2.40. The molecule has 8 nitrogen and oxygen atoms in total. The van der Waals surface area contributed by atoms with Crippen LogP contribution in [0.1, 0.15) is 46.0 Å². The minimum atomic E-state index is -1.87. The second-order valence-electron chi connectivity index (χ2n) is 5.95. The maximum Gasteiger partial charge on any atom is 0.332 e. The third kappa shape index (κ3) is 4.63. The van der Waals surface area contributed by atoms with E-state index >= 15 is 0 Å². The summed E-state index contributed by atoms with van der Waals surface area (Å²) in [5.41, 5.74) is -0.533. The van der Waals surface area contributed by atoms with Crippen molar-refractivity contribution in [2.24, 2.45) is 0 Å². The van der Waals surface area contributed by atoms with Gasteiger partial charge >= 0.3 is 5.69 Å². The molecule has 2 heterocycles. The third-order valence-corrected chi connectivity index (χ3v) is 5.08. The van der Waals surface area contributed by atoms with E-state index in [0.717, 1.165) is 29.8 Å².